The molecule has 18 heavy (non-hydrogen) atoms. The highest BCUT2D eigenvalue weighted by Gasteiger charge is 2.28. The molecule has 1 heterocycles. The highest BCUT2D eigenvalue weighted by atomic mass is 16.6. The van der Waals surface area contributed by atoms with Gasteiger partial charge in [-0.25, -0.2) is 4.79 Å². The van der Waals surface area contributed by atoms with Crippen LogP contribution in [0.5, 0.6) is 0 Å². The van der Waals surface area contributed by atoms with Crippen LogP contribution in [-0.2, 0) is 23.8 Å². The minimum Gasteiger partial charge on any atom is -0.467 e. The topological polar surface area (TPSA) is 77.1 Å². The average Bonchev–Trinajstić information content (AvgIpc) is 2.38. The number of carbonyl (C=O) groups is 2. The highest BCUT2D eigenvalue weighted by Crippen LogP contribution is 2.06. The van der Waals surface area contributed by atoms with Gasteiger partial charge in [0, 0.05) is 26.7 Å². The van der Waals surface area contributed by atoms with Gasteiger partial charge in [0.2, 0.25) is 5.91 Å². The number of hydrogen-bond donors (Lipinski definition) is 1. The van der Waals surface area contributed by atoms with Crippen LogP contribution in [-0.4, -0.2) is 76.5 Å². The molecule has 1 aliphatic rings. The van der Waals surface area contributed by atoms with Gasteiger partial charge in [-0.3, -0.25) is 9.69 Å². The smallest absolute Gasteiger partial charge is 0.336 e. The SMILES string of the molecule is COCCNC(=O)CN1CCOC(C(=O)OC)C1. The van der Waals surface area contributed by atoms with Gasteiger partial charge in [-0.2, -0.15) is 0 Å². The second kappa shape index (κ2) is 8.02. The van der Waals surface area contributed by atoms with Crippen molar-refractivity contribution in [2.24, 2.45) is 0 Å². The quantitative estimate of drug-likeness (QED) is 0.469. The van der Waals surface area contributed by atoms with Crippen LogP contribution in [0, 0.1) is 0 Å². The van der Waals surface area contributed by atoms with Crippen molar-refractivity contribution >= 4 is 11.9 Å². The van der Waals surface area contributed by atoms with Gasteiger partial charge >= 0.3 is 5.97 Å². The summed E-state index contributed by atoms with van der Waals surface area (Å²) in [7, 11) is 2.90. The van der Waals surface area contributed by atoms with Crippen LogP contribution in [0.25, 0.3) is 0 Å². The molecule has 1 rings (SSSR count). The summed E-state index contributed by atoms with van der Waals surface area (Å²) in [4.78, 5) is 24.8. The van der Waals surface area contributed by atoms with Crippen molar-refractivity contribution in [3.8, 4) is 0 Å². The van der Waals surface area contributed by atoms with Crippen LogP contribution < -0.4 is 5.32 Å². The van der Waals surface area contributed by atoms with Gasteiger partial charge in [0.15, 0.2) is 6.10 Å². The number of ether oxygens (including phenoxy) is 3. The van der Waals surface area contributed by atoms with Gasteiger partial charge < -0.3 is 19.5 Å². The standard InChI is InChI=1S/C11H20N2O5/c1-16-5-3-12-10(14)8-13-4-6-18-9(7-13)11(15)17-2/h9H,3-8H2,1-2H3,(H,12,14). The first-order valence-electron chi connectivity index (χ1n) is 5.84. The van der Waals surface area contributed by atoms with Crippen LogP contribution in [0.1, 0.15) is 0 Å². The fraction of sp³-hybridized carbons (Fsp3) is 0.818. The molecule has 0 bridgehead atoms. The van der Waals surface area contributed by atoms with Crippen LogP contribution in [0.15, 0.2) is 0 Å². The molecule has 0 radical (unpaired) electrons. The van der Waals surface area contributed by atoms with Gasteiger partial charge in [0.25, 0.3) is 0 Å². The van der Waals surface area contributed by atoms with Crippen molar-refractivity contribution < 1.29 is 23.8 Å². The molecular weight excluding hydrogens is 240 g/mol. The Morgan fingerprint density at radius 2 is 2.22 bits per heavy atom. The predicted octanol–water partition coefficient (Wildman–Crippen LogP) is -1.38. The van der Waals surface area contributed by atoms with E-state index in [1.165, 1.54) is 7.11 Å². The molecule has 0 spiro atoms. The number of rotatable bonds is 6. The highest BCUT2D eigenvalue weighted by molar-refractivity contribution is 5.78. The Balaban J connectivity index is 2.29. The second-order valence-corrected chi connectivity index (χ2v) is 3.96. The lowest BCUT2D eigenvalue weighted by atomic mass is 10.2. The normalized spacial score (nSPS) is 20.4. The summed E-state index contributed by atoms with van der Waals surface area (Å²) in [6, 6.07) is 0. The zero-order valence-electron chi connectivity index (χ0n) is 10.8. The Hall–Kier alpha value is -1.18. The minimum atomic E-state index is -0.601. The summed E-state index contributed by atoms with van der Waals surface area (Å²) < 4.78 is 14.7. The number of nitrogens with zero attached hydrogens (tertiary/aromatic N) is 1. The summed E-state index contributed by atoms with van der Waals surface area (Å²) in [6.45, 7) is 2.65. The fourth-order valence-electron chi connectivity index (χ4n) is 1.67. The van der Waals surface area contributed by atoms with Crippen molar-refractivity contribution in [3.05, 3.63) is 0 Å². The Morgan fingerprint density at radius 1 is 1.44 bits per heavy atom. The molecule has 1 N–H and O–H groups in total. The first kappa shape index (κ1) is 14.9. The van der Waals surface area contributed by atoms with E-state index in [4.69, 9.17) is 9.47 Å². The average molecular weight is 260 g/mol. The molecule has 0 aromatic carbocycles. The van der Waals surface area contributed by atoms with E-state index in [0.29, 0.717) is 32.8 Å². The van der Waals surface area contributed by atoms with Crippen LogP contribution in [0.4, 0.5) is 0 Å². The molecule has 1 aliphatic heterocycles. The lowest BCUT2D eigenvalue weighted by molar-refractivity contribution is -0.160. The maximum absolute atomic E-state index is 11.6. The summed E-state index contributed by atoms with van der Waals surface area (Å²) >= 11 is 0. The van der Waals surface area contributed by atoms with Crippen LogP contribution in [0.2, 0.25) is 0 Å². The molecule has 104 valence electrons. The second-order valence-electron chi connectivity index (χ2n) is 3.96. The molecule has 1 unspecified atom stereocenters. The number of esters is 1. The third-order valence-corrected chi connectivity index (χ3v) is 2.61. The molecule has 1 amide bonds. The van der Waals surface area contributed by atoms with Crippen molar-refractivity contribution in [1.29, 1.82) is 0 Å². The molecule has 0 aromatic heterocycles. The maximum atomic E-state index is 11.6. The first-order chi connectivity index (χ1) is 8.67. The maximum Gasteiger partial charge on any atom is 0.336 e. The number of morpholine rings is 1. The van der Waals surface area contributed by atoms with Gasteiger partial charge in [-0.1, -0.05) is 0 Å². The summed E-state index contributed by atoms with van der Waals surface area (Å²) in [5.74, 6) is -0.489. The molecule has 7 nitrogen and oxygen atoms in total. The van der Waals surface area contributed by atoms with Crippen molar-refractivity contribution in [2.45, 2.75) is 6.10 Å². The minimum absolute atomic E-state index is 0.0856. The van der Waals surface area contributed by atoms with E-state index < -0.39 is 12.1 Å². The fourth-order valence-corrected chi connectivity index (χ4v) is 1.67. The molecule has 1 atom stereocenters. The van der Waals surface area contributed by atoms with E-state index in [0.717, 1.165) is 0 Å². The van der Waals surface area contributed by atoms with E-state index in [-0.39, 0.29) is 12.5 Å². The molecule has 0 aromatic rings. The Kier molecular flexibility index (Phi) is 6.63. The number of hydrogen-bond acceptors (Lipinski definition) is 6. The van der Waals surface area contributed by atoms with Crippen molar-refractivity contribution in [1.82, 2.24) is 10.2 Å². The molecule has 1 saturated heterocycles. The van der Waals surface area contributed by atoms with Gasteiger partial charge in [0.1, 0.15) is 0 Å². The molecule has 0 saturated carbocycles. The number of methoxy groups -OCH3 is 2. The van der Waals surface area contributed by atoms with E-state index in [2.05, 4.69) is 10.1 Å². The predicted molar refractivity (Wildman–Crippen MR) is 63.1 cm³/mol. The lowest BCUT2D eigenvalue weighted by Crippen LogP contribution is -2.49. The number of nitrogens with one attached hydrogen (secondary N) is 1. The van der Waals surface area contributed by atoms with Crippen LogP contribution in [0.3, 0.4) is 0 Å². The third kappa shape index (κ3) is 4.99. The molecular formula is C11H20N2O5. The van der Waals surface area contributed by atoms with Gasteiger partial charge in [0.05, 0.1) is 26.9 Å². The first-order valence-corrected chi connectivity index (χ1v) is 5.84. The Bertz CT molecular complexity index is 285. The summed E-state index contributed by atoms with van der Waals surface area (Å²) in [5.41, 5.74) is 0. The van der Waals surface area contributed by atoms with E-state index in [1.54, 1.807) is 7.11 Å². The summed E-state index contributed by atoms with van der Waals surface area (Å²) in [5, 5.41) is 2.73. The molecule has 1 fully saturated rings. The Morgan fingerprint density at radius 3 is 2.89 bits per heavy atom. The molecule has 0 aliphatic carbocycles. The number of amides is 1. The monoisotopic (exact) mass is 260 g/mol. The van der Waals surface area contributed by atoms with Crippen molar-refractivity contribution in [3.63, 3.8) is 0 Å². The molecule has 7 heteroatoms. The lowest BCUT2D eigenvalue weighted by Gasteiger charge is -2.30. The van der Waals surface area contributed by atoms with E-state index in [9.17, 15) is 9.59 Å². The van der Waals surface area contributed by atoms with Crippen LogP contribution >= 0.6 is 0 Å². The van der Waals surface area contributed by atoms with Gasteiger partial charge in [-0.05, 0) is 0 Å². The number of carbonyl (C=O) groups excluding carboxylic acids is 2. The zero-order valence-corrected chi connectivity index (χ0v) is 10.8. The van der Waals surface area contributed by atoms with E-state index in [1.807, 2.05) is 4.90 Å². The van der Waals surface area contributed by atoms with Crippen molar-refractivity contribution in [2.75, 3.05) is 53.6 Å². The summed E-state index contributed by atoms with van der Waals surface area (Å²) in [6.07, 6.45) is -0.601. The third-order valence-electron chi connectivity index (χ3n) is 2.61. The largest absolute Gasteiger partial charge is 0.467 e. The zero-order chi connectivity index (χ0) is 13.4. The van der Waals surface area contributed by atoms with E-state index >= 15 is 0 Å². The Labute approximate surface area is 106 Å². The van der Waals surface area contributed by atoms with Gasteiger partial charge in [-0.15, -0.1) is 0 Å².